The van der Waals surface area contributed by atoms with Gasteiger partial charge >= 0.3 is 0 Å². The summed E-state index contributed by atoms with van der Waals surface area (Å²) in [4.78, 5) is 0. The van der Waals surface area contributed by atoms with Crippen LogP contribution in [-0.2, 0) is 18.6 Å². The maximum Gasteiger partial charge on any atom is 0.135 e. The van der Waals surface area contributed by atoms with Gasteiger partial charge in [0.1, 0.15) is 36.6 Å². The minimum absolute atomic E-state index is 0.0876. The molecule has 1 N–H and O–H groups in total. The third kappa shape index (κ3) is 6.93. The molecule has 0 aliphatic heterocycles. The molecule has 2 atom stereocenters. The third-order valence-corrected chi connectivity index (χ3v) is 6.73. The summed E-state index contributed by atoms with van der Waals surface area (Å²) < 4.78 is 26.5. The van der Waals surface area contributed by atoms with Crippen molar-refractivity contribution in [2.75, 3.05) is 19.1 Å². The minimum atomic E-state index is -0.796. The molecule has 184 valence electrons. The van der Waals surface area contributed by atoms with E-state index < -0.39 is 12.8 Å². The molecule has 34 heavy (non-hydrogen) atoms. The molecule has 0 unspecified atom stereocenters. The van der Waals surface area contributed by atoms with E-state index >= 15 is 0 Å². The monoisotopic (exact) mass is 552 g/mol. The molecule has 3 aromatic rings. The summed E-state index contributed by atoms with van der Waals surface area (Å²) in [5, 5.41) is 17.6. The van der Waals surface area contributed by atoms with Crippen LogP contribution in [0.3, 0.4) is 0 Å². The Morgan fingerprint density at radius 1 is 1.12 bits per heavy atom. The van der Waals surface area contributed by atoms with Crippen molar-refractivity contribution >= 4 is 27.5 Å². The highest BCUT2D eigenvalue weighted by Gasteiger charge is 2.24. The zero-order chi connectivity index (χ0) is 24.7. The highest BCUT2D eigenvalue weighted by Crippen LogP contribution is 2.36. The van der Waals surface area contributed by atoms with Crippen LogP contribution in [0.25, 0.3) is 0 Å². The first-order valence-electron chi connectivity index (χ1n) is 11.1. The first-order valence-corrected chi connectivity index (χ1v) is 12.4. The van der Waals surface area contributed by atoms with Crippen molar-refractivity contribution in [1.29, 1.82) is 0 Å². The summed E-state index contributed by atoms with van der Waals surface area (Å²) >= 11 is 9.49. The predicted molar refractivity (Wildman–Crippen MR) is 134 cm³/mol. The number of halogens is 3. The van der Waals surface area contributed by atoms with Gasteiger partial charge in [0.05, 0.1) is 23.8 Å². The second-order valence-corrected chi connectivity index (χ2v) is 10.1. The molecule has 3 rings (SSSR count). The number of hydrogen-bond acceptors (Lipinski definition) is 5. The van der Waals surface area contributed by atoms with E-state index in [1.807, 2.05) is 37.3 Å². The third-order valence-electron chi connectivity index (χ3n) is 5.58. The molecule has 0 radical (unpaired) electrons. The Morgan fingerprint density at radius 3 is 2.44 bits per heavy atom. The van der Waals surface area contributed by atoms with Crippen LogP contribution in [-0.4, -0.2) is 45.3 Å². The van der Waals surface area contributed by atoms with E-state index in [1.54, 1.807) is 0 Å². The number of hydrogen-bond donors (Lipinski definition) is 1. The highest BCUT2D eigenvalue weighted by atomic mass is 79.9. The van der Waals surface area contributed by atoms with Gasteiger partial charge in [-0.1, -0.05) is 44.2 Å². The predicted octanol–water partition coefficient (Wildman–Crippen LogP) is 5.53. The van der Waals surface area contributed by atoms with Crippen molar-refractivity contribution in [2.45, 2.75) is 45.5 Å². The van der Waals surface area contributed by atoms with Crippen LogP contribution in [0.15, 0.2) is 53.1 Å². The molecular formula is C25H30BrClFN3O3. The molecule has 0 fully saturated rings. The van der Waals surface area contributed by atoms with E-state index in [-0.39, 0.29) is 30.2 Å². The van der Waals surface area contributed by atoms with Crippen LogP contribution in [0.1, 0.15) is 37.6 Å². The topological polar surface area (TPSA) is 69.4 Å². The number of aliphatic hydroxyl groups excluding tert-OH is 1. The minimum Gasteiger partial charge on any atom is -0.492 e. The molecule has 2 aromatic carbocycles. The van der Waals surface area contributed by atoms with Gasteiger partial charge in [-0.15, -0.1) is 16.7 Å². The van der Waals surface area contributed by atoms with E-state index in [0.29, 0.717) is 18.2 Å². The van der Waals surface area contributed by atoms with Crippen LogP contribution in [0.5, 0.6) is 11.5 Å². The van der Waals surface area contributed by atoms with Crippen LogP contribution >= 0.6 is 27.5 Å². The summed E-state index contributed by atoms with van der Waals surface area (Å²) in [6.45, 7) is 6.52. The number of benzene rings is 2. The zero-order valence-corrected chi connectivity index (χ0v) is 21.9. The van der Waals surface area contributed by atoms with Gasteiger partial charge in [-0.3, -0.25) is 0 Å². The zero-order valence-electron chi connectivity index (χ0n) is 19.5. The molecule has 0 bridgehead atoms. The summed E-state index contributed by atoms with van der Waals surface area (Å²) in [5.41, 5.74) is 2.25. The SMILES string of the molecule is C[C@@H](CCl)COc1ccc(C(C)(C)c2ccc(OC[C@@H](O)Cn3cc(C[18F])nn3)cc2)cc1Br. The molecule has 0 aliphatic carbocycles. The number of alkyl halides is 2. The fourth-order valence-electron chi connectivity index (χ4n) is 3.37. The molecular weight excluding hydrogens is 524 g/mol. The van der Waals surface area contributed by atoms with Crippen LogP contribution < -0.4 is 9.47 Å². The molecule has 1 aromatic heterocycles. The average Bonchev–Trinajstić information content (AvgIpc) is 3.29. The van der Waals surface area contributed by atoms with Crippen molar-refractivity contribution < 1.29 is 19.0 Å². The standard InChI is InChI=1S/C25H30BrClFN3O3/c1-17(11-27)15-34-24-9-6-19(10-23(24)26)25(2,3)18-4-7-22(8-5-18)33-16-21(32)14-31-13-20(12-28)29-30-31/h4-10,13,17,21,32H,11-12,14-16H2,1-3H3/t17-,21-/m0/s1/i28-1. The van der Waals surface area contributed by atoms with Crippen molar-refractivity contribution in [3.05, 3.63) is 70.0 Å². The van der Waals surface area contributed by atoms with Gasteiger partial charge < -0.3 is 14.6 Å². The molecule has 0 amide bonds. The Labute approximate surface area is 213 Å². The molecule has 1 heterocycles. The molecule has 0 saturated carbocycles. The molecule has 6 nitrogen and oxygen atoms in total. The highest BCUT2D eigenvalue weighted by molar-refractivity contribution is 9.10. The summed E-state index contributed by atoms with van der Waals surface area (Å²) in [6, 6.07) is 14.0. The van der Waals surface area contributed by atoms with Gasteiger partial charge in [-0.2, -0.15) is 0 Å². The van der Waals surface area contributed by atoms with Crippen molar-refractivity contribution in [3.63, 3.8) is 0 Å². The Bertz CT molecular complexity index is 1060. The fraction of sp³-hybridized carbons (Fsp3) is 0.440. The molecule has 0 spiro atoms. The van der Waals surface area contributed by atoms with E-state index in [0.717, 1.165) is 21.3 Å². The van der Waals surface area contributed by atoms with Gasteiger partial charge in [-0.05, 0) is 51.3 Å². The van der Waals surface area contributed by atoms with Crippen LogP contribution in [0.2, 0.25) is 0 Å². The number of aromatic nitrogens is 3. The largest absolute Gasteiger partial charge is 0.492 e. The number of ether oxygens (including phenoxy) is 2. The lowest BCUT2D eigenvalue weighted by Gasteiger charge is -2.27. The van der Waals surface area contributed by atoms with E-state index in [2.05, 4.69) is 52.2 Å². The van der Waals surface area contributed by atoms with Gasteiger partial charge in [0.25, 0.3) is 0 Å². The number of rotatable bonds is 12. The number of nitrogens with zero attached hydrogens (tertiary/aromatic N) is 3. The summed E-state index contributed by atoms with van der Waals surface area (Å²) in [5.74, 6) is 2.29. The van der Waals surface area contributed by atoms with Crippen molar-refractivity contribution in [3.8, 4) is 11.5 Å². The molecule has 9 heteroatoms. The fourth-order valence-corrected chi connectivity index (χ4v) is 3.95. The first kappa shape index (κ1) is 26.4. The van der Waals surface area contributed by atoms with Crippen LogP contribution in [0.4, 0.5) is 4.39 Å². The maximum absolute atomic E-state index is 12.6. The Balaban J connectivity index is 1.59. The number of aliphatic hydroxyl groups is 1. The maximum atomic E-state index is 12.6. The average molecular weight is 554 g/mol. The normalized spacial score (nSPS) is 13.5. The van der Waals surface area contributed by atoms with Crippen molar-refractivity contribution in [1.82, 2.24) is 15.0 Å². The lowest BCUT2D eigenvalue weighted by atomic mass is 9.78. The second-order valence-electron chi connectivity index (χ2n) is 8.90. The van der Waals surface area contributed by atoms with E-state index in [9.17, 15) is 9.50 Å². The van der Waals surface area contributed by atoms with Gasteiger partial charge in [-0.25, -0.2) is 9.07 Å². The Morgan fingerprint density at radius 2 is 1.82 bits per heavy atom. The molecule has 0 saturated heterocycles. The second kappa shape index (κ2) is 12.0. The molecule has 0 aliphatic rings. The first-order chi connectivity index (χ1) is 16.2. The quantitative estimate of drug-likeness (QED) is 0.299. The van der Waals surface area contributed by atoms with Gasteiger partial charge in [0.15, 0.2) is 0 Å². The summed E-state index contributed by atoms with van der Waals surface area (Å²) in [7, 11) is 0. The lowest BCUT2D eigenvalue weighted by Crippen LogP contribution is -2.24. The van der Waals surface area contributed by atoms with Gasteiger partial charge in [0.2, 0.25) is 0 Å². The van der Waals surface area contributed by atoms with E-state index in [4.69, 9.17) is 21.1 Å². The van der Waals surface area contributed by atoms with Crippen molar-refractivity contribution in [2.24, 2.45) is 5.92 Å². The Kier molecular flexibility index (Phi) is 9.33. The van der Waals surface area contributed by atoms with E-state index in [1.165, 1.54) is 10.9 Å². The summed E-state index contributed by atoms with van der Waals surface area (Å²) in [6.07, 6.45) is 0.674. The van der Waals surface area contributed by atoms with Gasteiger partial charge in [0, 0.05) is 17.2 Å². The Hall–Kier alpha value is -2.16. The smallest absolute Gasteiger partial charge is 0.135 e. The van der Waals surface area contributed by atoms with Crippen LogP contribution in [0, 0.1) is 5.92 Å². The lowest BCUT2D eigenvalue weighted by molar-refractivity contribution is 0.0888.